The quantitative estimate of drug-likeness (QED) is 0.507. The molecule has 1 atom stereocenters. The van der Waals surface area contributed by atoms with Crippen molar-refractivity contribution < 1.29 is 9.53 Å². The molecule has 0 radical (unpaired) electrons. The van der Waals surface area contributed by atoms with Gasteiger partial charge in [0.15, 0.2) is 0 Å². The van der Waals surface area contributed by atoms with Crippen molar-refractivity contribution in [2.45, 2.75) is 25.8 Å². The van der Waals surface area contributed by atoms with Crippen LogP contribution in [-0.4, -0.2) is 25.7 Å². The van der Waals surface area contributed by atoms with E-state index in [4.69, 9.17) is 10.6 Å². The number of ether oxygens (including phenoxy) is 1. The van der Waals surface area contributed by atoms with Crippen molar-refractivity contribution in [3.05, 3.63) is 29.8 Å². The predicted octanol–water partition coefficient (Wildman–Crippen LogP) is 1.52. The van der Waals surface area contributed by atoms with Crippen LogP contribution in [0.1, 0.15) is 30.1 Å². The number of hydrogen-bond acceptors (Lipinski definition) is 4. The van der Waals surface area contributed by atoms with Crippen molar-refractivity contribution in [1.82, 2.24) is 5.32 Å². The van der Waals surface area contributed by atoms with E-state index in [0.29, 0.717) is 17.9 Å². The van der Waals surface area contributed by atoms with Gasteiger partial charge >= 0.3 is 0 Å². The number of para-hydroxylation sites is 1. The molecule has 0 aliphatic rings. The van der Waals surface area contributed by atoms with E-state index in [1.807, 2.05) is 6.07 Å². The van der Waals surface area contributed by atoms with Crippen LogP contribution in [0.4, 0.5) is 5.69 Å². The van der Waals surface area contributed by atoms with Gasteiger partial charge in [-0.3, -0.25) is 10.6 Å². The zero-order valence-corrected chi connectivity index (χ0v) is 10.9. The molecule has 1 aromatic carbocycles. The number of carbonyl (C=O) groups is 1. The number of rotatable bonds is 7. The van der Waals surface area contributed by atoms with Gasteiger partial charge in [0.25, 0.3) is 5.91 Å². The first-order valence-corrected chi connectivity index (χ1v) is 6.08. The van der Waals surface area contributed by atoms with E-state index >= 15 is 0 Å². The molecule has 1 rings (SSSR count). The molecule has 0 aliphatic heterocycles. The van der Waals surface area contributed by atoms with E-state index in [1.165, 1.54) is 0 Å². The van der Waals surface area contributed by atoms with Gasteiger partial charge in [-0.2, -0.15) is 0 Å². The molecular formula is C13H21N3O2. The second kappa shape index (κ2) is 7.68. The average molecular weight is 251 g/mol. The first-order chi connectivity index (χ1) is 8.72. The van der Waals surface area contributed by atoms with Crippen LogP contribution in [0, 0.1) is 0 Å². The number of nitrogens with one attached hydrogen (secondary N) is 2. The third-order valence-corrected chi connectivity index (χ3v) is 2.67. The Morgan fingerprint density at radius 2 is 2.17 bits per heavy atom. The summed E-state index contributed by atoms with van der Waals surface area (Å²) in [5, 5.41) is 2.95. The van der Waals surface area contributed by atoms with Crippen molar-refractivity contribution >= 4 is 11.6 Å². The van der Waals surface area contributed by atoms with E-state index in [1.54, 1.807) is 25.3 Å². The van der Waals surface area contributed by atoms with Crippen LogP contribution in [0.5, 0.6) is 0 Å². The lowest BCUT2D eigenvalue weighted by atomic mass is 10.1. The number of hydrogen-bond donors (Lipinski definition) is 3. The minimum atomic E-state index is -0.140. The molecule has 0 fully saturated rings. The Labute approximate surface area is 108 Å². The van der Waals surface area contributed by atoms with Gasteiger partial charge in [-0.05, 0) is 18.6 Å². The molecule has 4 N–H and O–H groups in total. The van der Waals surface area contributed by atoms with Gasteiger partial charge < -0.3 is 15.5 Å². The highest BCUT2D eigenvalue weighted by Crippen LogP contribution is 2.13. The summed E-state index contributed by atoms with van der Waals surface area (Å²) in [7, 11) is 1.63. The Hall–Kier alpha value is -1.59. The standard InChI is InChI=1S/C13H21N3O2/c1-3-6-10(9-18-2)15-13(17)11-7-4-5-8-12(11)16-14/h4-5,7-8,10,16H,3,6,9,14H2,1-2H3,(H,15,17). The summed E-state index contributed by atoms with van der Waals surface area (Å²) < 4.78 is 5.09. The maximum Gasteiger partial charge on any atom is 0.253 e. The summed E-state index contributed by atoms with van der Waals surface area (Å²) in [6.45, 7) is 2.59. The van der Waals surface area contributed by atoms with Gasteiger partial charge in [0.2, 0.25) is 0 Å². The van der Waals surface area contributed by atoms with E-state index in [-0.39, 0.29) is 11.9 Å². The Morgan fingerprint density at radius 3 is 2.78 bits per heavy atom. The second-order valence-electron chi connectivity index (χ2n) is 4.10. The molecule has 1 amide bonds. The van der Waals surface area contributed by atoms with Crippen molar-refractivity contribution in [3.8, 4) is 0 Å². The highest BCUT2D eigenvalue weighted by molar-refractivity contribution is 5.99. The predicted molar refractivity (Wildman–Crippen MR) is 72.3 cm³/mol. The number of nitrogen functional groups attached to an aromatic ring is 1. The lowest BCUT2D eigenvalue weighted by Crippen LogP contribution is -2.38. The molecule has 5 heteroatoms. The number of carbonyl (C=O) groups excluding carboxylic acids is 1. The Balaban J connectivity index is 2.73. The number of anilines is 1. The number of amides is 1. The molecule has 18 heavy (non-hydrogen) atoms. The van der Waals surface area contributed by atoms with Gasteiger partial charge in [-0.1, -0.05) is 25.5 Å². The lowest BCUT2D eigenvalue weighted by molar-refractivity contribution is 0.0892. The van der Waals surface area contributed by atoms with Crippen LogP contribution < -0.4 is 16.6 Å². The maximum absolute atomic E-state index is 12.1. The zero-order valence-electron chi connectivity index (χ0n) is 10.9. The molecule has 0 aromatic heterocycles. The van der Waals surface area contributed by atoms with E-state index in [2.05, 4.69) is 17.7 Å². The first kappa shape index (κ1) is 14.5. The molecule has 0 saturated carbocycles. The van der Waals surface area contributed by atoms with Crippen molar-refractivity contribution in [2.24, 2.45) is 5.84 Å². The fourth-order valence-corrected chi connectivity index (χ4v) is 1.82. The smallest absolute Gasteiger partial charge is 0.253 e. The minimum absolute atomic E-state index is 0.0262. The molecule has 5 nitrogen and oxygen atoms in total. The molecular weight excluding hydrogens is 230 g/mol. The third-order valence-electron chi connectivity index (χ3n) is 2.67. The molecule has 1 unspecified atom stereocenters. The normalized spacial score (nSPS) is 11.9. The monoisotopic (exact) mass is 251 g/mol. The lowest BCUT2D eigenvalue weighted by Gasteiger charge is -2.18. The Morgan fingerprint density at radius 1 is 1.44 bits per heavy atom. The molecule has 0 aliphatic carbocycles. The van der Waals surface area contributed by atoms with Crippen LogP contribution >= 0.6 is 0 Å². The second-order valence-corrected chi connectivity index (χ2v) is 4.10. The summed E-state index contributed by atoms with van der Waals surface area (Å²) >= 11 is 0. The molecule has 0 spiro atoms. The topological polar surface area (TPSA) is 76.4 Å². The number of hydrazine groups is 1. The summed E-state index contributed by atoms with van der Waals surface area (Å²) in [5.41, 5.74) is 3.67. The molecule has 100 valence electrons. The van der Waals surface area contributed by atoms with Crippen LogP contribution in [0.25, 0.3) is 0 Å². The van der Waals surface area contributed by atoms with E-state index in [9.17, 15) is 4.79 Å². The largest absolute Gasteiger partial charge is 0.383 e. The van der Waals surface area contributed by atoms with Crippen molar-refractivity contribution in [2.75, 3.05) is 19.1 Å². The summed E-state index contributed by atoms with van der Waals surface area (Å²) in [6, 6.07) is 7.16. The third kappa shape index (κ3) is 4.01. The molecule has 0 heterocycles. The number of benzene rings is 1. The Kier molecular flexibility index (Phi) is 6.18. The summed E-state index contributed by atoms with van der Waals surface area (Å²) in [5.74, 6) is 5.24. The zero-order chi connectivity index (χ0) is 13.4. The number of methoxy groups -OCH3 is 1. The first-order valence-electron chi connectivity index (χ1n) is 6.08. The van der Waals surface area contributed by atoms with E-state index in [0.717, 1.165) is 12.8 Å². The maximum atomic E-state index is 12.1. The molecule has 0 bridgehead atoms. The fourth-order valence-electron chi connectivity index (χ4n) is 1.82. The van der Waals surface area contributed by atoms with Crippen molar-refractivity contribution in [3.63, 3.8) is 0 Å². The minimum Gasteiger partial charge on any atom is -0.383 e. The SMILES string of the molecule is CCCC(COC)NC(=O)c1ccccc1NN. The van der Waals surface area contributed by atoms with Gasteiger partial charge in [0.05, 0.1) is 23.9 Å². The summed E-state index contributed by atoms with van der Waals surface area (Å²) in [4.78, 5) is 12.1. The van der Waals surface area contributed by atoms with Crippen LogP contribution in [0.3, 0.4) is 0 Å². The van der Waals surface area contributed by atoms with E-state index < -0.39 is 0 Å². The molecule has 0 saturated heterocycles. The average Bonchev–Trinajstić information content (AvgIpc) is 2.39. The van der Waals surface area contributed by atoms with Crippen LogP contribution in [0.2, 0.25) is 0 Å². The van der Waals surface area contributed by atoms with Gasteiger partial charge in [-0.25, -0.2) is 0 Å². The highest BCUT2D eigenvalue weighted by atomic mass is 16.5. The Bertz CT molecular complexity index is 376. The summed E-state index contributed by atoms with van der Waals surface area (Å²) in [6.07, 6.45) is 1.88. The van der Waals surface area contributed by atoms with Crippen LogP contribution in [0.15, 0.2) is 24.3 Å². The molecule has 1 aromatic rings. The van der Waals surface area contributed by atoms with Crippen LogP contribution in [-0.2, 0) is 4.74 Å². The van der Waals surface area contributed by atoms with Gasteiger partial charge in [0.1, 0.15) is 0 Å². The number of nitrogens with two attached hydrogens (primary N) is 1. The highest BCUT2D eigenvalue weighted by Gasteiger charge is 2.15. The fraction of sp³-hybridized carbons (Fsp3) is 0.462. The van der Waals surface area contributed by atoms with Gasteiger partial charge in [0, 0.05) is 7.11 Å². The van der Waals surface area contributed by atoms with Crippen molar-refractivity contribution in [1.29, 1.82) is 0 Å². The van der Waals surface area contributed by atoms with Gasteiger partial charge in [-0.15, -0.1) is 0 Å².